The number of ether oxygens (including phenoxy) is 1. The number of rotatable bonds is 3. The van der Waals surface area contributed by atoms with E-state index in [-0.39, 0.29) is 16.9 Å². The summed E-state index contributed by atoms with van der Waals surface area (Å²) >= 11 is 0. The molecule has 2 nitrogen and oxygen atoms in total. The Balaban J connectivity index is 2.13. The Morgan fingerprint density at radius 1 is 1.33 bits per heavy atom. The van der Waals surface area contributed by atoms with Gasteiger partial charge in [-0.15, -0.1) is 0 Å². The largest absolute Gasteiger partial charge is 0.415 e. The summed E-state index contributed by atoms with van der Waals surface area (Å²) in [6.07, 6.45) is -3.73. The van der Waals surface area contributed by atoms with Crippen molar-refractivity contribution >= 4 is 0 Å². The molecule has 2 saturated carbocycles. The molecule has 0 heterocycles. The molecule has 0 spiro atoms. The number of fused-ring (bicyclic) bond motifs is 2. The van der Waals surface area contributed by atoms with Crippen LogP contribution in [0.25, 0.3) is 0 Å². The van der Waals surface area contributed by atoms with E-state index in [0.717, 1.165) is 19.3 Å². The molecule has 2 fully saturated rings. The van der Waals surface area contributed by atoms with Crippen molar-refractivity contribution in [3.8, 4) is 0 Å². The maximum absolute atomic E-state index is 12.7. The number of alkyl halides is 3. The minimum atomic E-state index is -4.36. The van der Waals surface area contributed by atoms with Crippen molar-refractivity contribution < 1.29 is 17.9 Å². The zero-order chi connectivity index (χ0) is 13.8. The summed E-state index contributed by atoms with van der Waals surface area (Å²) in [4.78, 5) is 0. The molecule has 0 aliphatic heterocycles. The van der Waals surface area contributed by atoms with Gasteiger partial charge in [0.05, 0.1) is 6.10 Å². The lowest BCUT2D eigenvalue weighted by Crippen LogP contribution is -2.46. The quantitative estimate of drug-likeness (QED) is 0.851. The van der Waals surface area contributed by atoms with Crippen LogP contribution in [-0.2, 0) is 4.74 Å². The highest BCUT2D eigenvalue weighted by atomic mass is 19.4. The molecule has 2 bridgehead atoms. The predicted octanol–water partition coefficient (Wildman–Crippen LogP) is 3.11. The molecule has 5 heteroatoms. The zero-order valence-electron chi connectivity index (χ0n) is 11.2. The van der Waals surface area contributed by atoms with Crippen molar-refractivity contribution in [3.63, 3.8) is 0 Å². The number of hydrogen-bond acceptors (Lipinski definition) is 2. The van der Waals surface area contributed by atoms with E-state index in [1.165, 1.54) is 0 Å². The molecule has 2 aliphatic rings. The highest BCUT2D eigenvalue weighted by molar-refractivity contribution is 5.11. The summed E-state index contributed by atoms with van der Waals surface area (Å²) in [5.41, 5.74) is 5.10. The van der Waals surface area contributed by atoms with Gasteiger partial charge in [0, 0.05) is 6.54 Å². The normalized spacial score (nSPS) is 40.2. The molecule has 4 unspecified atom stereocenters. The molecule has 0 aromatic rings. The van der Waals surface area contributed by atoms with Gasteiger partial charge in [-0.05, 0) is 36.0 Å². The van der Waals surface area contributed by atoms with Crippen LogP contribution < -0.4 is 5.73 Å². The van der Waals surface area contributed by atoms with Gasteiger partial charge in [-0.3, -0.25) is 0 Å². The highest BCUT2D eigenvalue weighted by Crippen LogP contribution is 2.66. The molecule has 0 aromatic heterocycles. The Morgan fingerprint density at radius 3 is 2.28 bits per heavy atom. The second-order valence-electron chi connectivity index (χ2n) is 6.50. The van der Waals surface area contributed by atoms with Crippen LogP contribution in [0.2, 0.25) is 0 Å². The van der Waals surface area contributed by atoms with Crippen molar-refractivity contribution in [1.29, 1.82) is 0 Å². The Hall–Kier alpha value is -0.290. The maximum Gasteiger partial charge on any atom is 0.415 e. The van der Waals surface area contributed by atoms with E-state index in [1.807, 2.05) is 0 Å². The minimum Gasteiger partial charge on any atom is -0.364 e. The monoisotopic (exact) mass is 265 g/mol. The summed E-state index contributed by atoms with van der Waals surface area (Å²) in [5, 5.41) is 0. The lowest BCUT2D eigenvalue weighted by atomic mass is 9.70. The number of halogens is 3. The highest BCUT2D eigenvalue weighted by Gasteiger charge is 2.63. The first-order chi connectivity index (χ1) is 8.13. The Bertz CT molecular complexity index is 329. The van der Waals surface area contributed by atoms with Crippen molar-refractivity contribution in [2.75, 3.05) is 6.54 Å². The Kier molecular flexibility index (Phi) is 3.22. The SMILES string of the molecule is CC1(C)C2CCC1(C)C(OC(CN)C(F)(F)F)C2. The van der Waals surface area contributed by atoms with Crippen LogP contribution in [0.5, 0.6) is 0 Å². The van der Waals surface area contributed by atoms with Crippen molar-refractivity contribution in [2.45, 2.75) is 58.4 Å². The van der Waals surface area contributed by atoms with Gasteiger partial charge in [-0.1, -0.05) is 20.8 Å². The van der Waals surface area contributed by atoms with Crippen LogP contribution in [0.3, 0.4) is 0 Å². The van der Waals surface area contributed by atoms with Gasteiger partial charge in [-0.25, -0.2) is 0 Å². The summed E-state index contributed by atoms with van der Waals surface area (Å²) < 4.78 is 43.5. The van der Waals surface area contributed by atoms with Gasteiger partial charge in [0.25, 0.3) is 0 Å². The third-order valence-corrected chi connectivity index (χ3v) is 5.62. The number of hydrogen-bond donors (Lipinski definition) is 1. The van der Waals surface area contributed by atoms with Gasteiger partial charge >= 0.3 is 6.18 Å². The van der Waals surface area contributed by atoms with Crippen molar-refractivity contribution in [2.24, 2.45) is 22.5 Å². The van der Waals surface area contributed by atoms with E-state index in [2.05, 4.69) is 20.8 Å². The van der Waals surface area contributed by atoms with E-state index >= 15 is 0 Å². The Labute approximate surface area is 106 Å². The van der Waals surface area contributed by atoms with Crippen LogP contribution >= 0.6 is 0 Å². The molecular weight excluding hydrogens is 243 g/mol. The third kappa shape index (κ3) is 1.86. The van der Waals surface area contributed by atoms with Gasteiger partial charge < -0.3 is 10.5 Å². The van der Waals surface area contributed by atoms with Crippen LogP contribution in [0, 0.1) is 16.7 Å². The maximum atomic E-state index is 12.7. The molecule has 2 rings (SSSR count). The second kappa shape index (κ2) is 4.10. The molecule has 2 N–H and O–H groups in total. The first-order valence-electron chi connectivity index (χ1n) is 6.55. The van der Waals surface area contributed by atoms with Gasteiger partial charge in [-0.2, -0.15) is 13.2 Å². The van der Waals surface area contributed by atoms with Crippen molar-refractivity contribution in [1.82, 2.24) is 0 Å². The standard InChI is InChI=1S/C13H22F3NO/c1-11(2)8-4-5-12(11,3)9(6-8)18-10(7-17)13(14,15)16/h8-10H,4-7,17H2,1-3H3. The van der Waals surface area contributed by atoms with E-state index in [0.29, 0.717) is 5.92 Å². The lowest BCUT2D eigenvalue weighted by molar-refractivity contribution is -0.241. The van der Waals surface area contributed by atoms with E-state index in [9.17, 15) is 13.2 Å². The first kappa shape index (κ1) is 14.1. The fourth-order valence-corrected chi connectivity index (χ4v) is 3.80. The lowest BCUT2D eigenvalue weighted by Gasteiger charge is -2.40. The van der Waals surface area contributed by atoms with Gasteiger partial charge in [0.2, 0.25) is 0 Å². The molecule has 106 valence electrons. The summed E-state index contributed by atoms with van der Waals surface area (Å²) in [7, 11) is 0. The van der Waals surface area contributed by atoms with E-state index in [1.54, 1.807) is 0 Å². The molecule has 2 aliphatic carbocycles. The van der Waals surface area contributed by atoms with Gasteiger partial charge in [0.15, 0.2) is 6.10 Å². The average molecular weight is 265 g/mol. The first-order valence-corrected chi connectivity index (χ1v) is 6.55. The average Bonchev–Trinajstić information content (AvgIpc) is 2.56. The van der Waals surface area contributed by atoms with Crippen LogP contribution in [0.15, 0.2) is 0 Å². The zero-order valence-corrected chi connectivity index (χ0v) is 11.2. The third-order valence-electron chi connectivity index (χ3n) is 5.62. The second-order valence-corrected chi connectivity index (χ2v) is 6.50. The summed E-state index contributed by atoms with van der Waals surface area (Å²) in [6.45, 7) is 5.87. The van der Waals surface area contributed by atoms with Crippen LogP contribution in [0.1, 0.15) is 40.0 Å². The van der Waals surface area contributed by atoms with Gasteiger partial charge in [0.1, 0.15) is 0 Å². The molecule has 18 heavy (non-hydrogen) atoms. The molecule has 0 amide bonds. The molecule has 0 aromatic carbocycles. The minimum absolute atomic E-state index is 0.0580. The fraction of sp³-hybridized carbons (Fsp3) is 1.00. The smallest absolute Gasteiger partial charge is 0.364 e. The molecule has 0 saturated heterocycles. The van der Waals surface area contributed by atoms with E-state index in [4.69, 9.17) is 10.5 Å². The van der Waals surface area contributed by atoms with Crippen LogP contribution in [-0.4, -0.2) is 24.9 Å². The predicted molar refractivity (Wildman–Crippen MR) is 63.0 cm³/mol. The fourth-order valence-electron chi connectivity index (χ4n) is 3.80. The van der Waals surface area contributed by atoms with Crippen LogP contribution in [0.4, 0.5) is 13.2 Å². The molecule has 0 radical (unpaired) electrons. The summed E-state index contributed by atoms with van der Waals surface area (Å²) in [6, 6.07) is 0. The molecule has 4 atom stereocenters. The topological polar surface area (TPSA) is 35.2 Å². The van der Waals surface area contributed by atoms with E-state index < -0.39 is 18.8 Å². The number of nitrogens with two attached hydrogens (primary N) is 1. The summed E-state index contributed by atoms with van der Waals surface area (Å²) in [5.74, 6) is 0.471. The molecular formula is C13H22F3NO. The Morgan fingerprint density at radius 2 is 1.94 bits per heavy atom. The van der Waals surface area contributed by atoms with Crippen molar-refractivity contribution in [3.05, 3.63) is 0 Å².